The highest BCUT2D eigenvalue weighted by Gasteiger charge is 2.28. The topological polar surface area (TPSA) is 78.0 Å². The summed E-state index contributed by atoms with van der Waals surface area (Å²) in [5.74, 6) is 0.501. The van der Waals surface area contributed by atoms with Crippen molar-refractivity contribution >= 4 is 10.9 Å². The van der Waals surface area contributed by atoms with Crippen LogP contribution in [0, 0.1) is 6.92 Å². The van der Waals surface area contributed by atoms with Crippen molar-refractivity contribution in [3.05, 3.63) is 48.7 Å². The van der Waals surface area contributed by atoms with E-state index in [1.54, 1.807) is 18.6 Å². The lowest BCUT2D eigenvalue weighted by atomic mass is 10.1. The average molecular weight is 417 g/mol. The van der Waals surface area contributed by atoms with Gasteiger partial charge in [-0.1, -0.05) is 0 Å². The Hall–Kier alpha value is -3.56. The molecule has 0 bridgehead atoms. The summed E-state index contributed by atoms with van der Waals surface area (Å²) in [5, 5.41) is 14.9. The summed E-state index contributed by atoms with van der Waals surface area (Å²) >= 11 is 0. The second-order valence-electron chi connectivity index (χ2n) is 6.76. The van der Waals surface area contributed by atoms with Gasteiger partial charge in [-0.05, 0) is 31.5 Å². The van der Waals surface area contributed by atoms with E-state index in [-0.39, 0.29) is 5.88 Å². The van der Waals surface area contributed by atoms with Crippen LogP contribution in [-0.4, -0.2) is 42.2 Å². The molecule has 0 aliphatic carbocycles. The van der Waals surface area contributed by atoms with Gasteiger partial charge in [0.2, 0.25) is 5.88 Å². The van der Waals surface area contributed by atoms with Crippen LogP contribution in [0.5, 0.6) is 11.6 Å². The summed E-state index contributed by atoms with van der Waals surface area (Å²) in [4.78, 5) is 8.77. The number of halogens is 3. The standard InChI is InChI=1S/C20H18F3N5O2/c1-3-30-15-5-13(6-24-8-15)16-4-12(2)18-17(26-16)10-28(19(18)29)14-7-25-27(9-14)11-20(21,22)23/h4-10,29H,3,11H2,1-2H3. The predicted molar refractivity (Wildman–Crippen MR) is 104 cm³/mol. The molecule has 30 heavy (non-hydrogen) atoms. The molecule has 4 heterocycles. The first-order valence-electron chi connectivity index (χ1n) is 9.14. The van der Waals surface area contributed by atoms with Crippen molar-refractivity contribution in [1.29, 1.82) is 0 Å². The van der Waals surface area contributed by atoms with Crippen LogP contribution in [0.3, 0.4) is 0 Å². The number of rotatable bonds is 5. The maximum Gasteiger partial charge on any atom is 0.408 e. The van der Waals surface area contributed by atoms with Gasteiger partial charge in [0.1, 0.15) is 12.3 Å². The van der Waals surface area contributed by atoms with Crippen LogP contribution < -0.4 is 4.74 Å². The fourth-order valence-electron chi connectivity index (χ4n) is 3.28. The highest BCUT2D eigenvalue weighted by molar-refractivity contribution is 5.90. The Bertz CT molecular complexity index is 1210. The quantitative estimate of drug-likeness (QED) is 0.525. The Balaban J connectivity index is 1.76. The highest BCUT2D eigenvalue weighted by Crippen LogP contribution is 2.34. The minimum absolute atomic E-state index is 0.116. The van der Waals surface area contributed by atoms with Crippen LogP contribution in [-0.2, 0) is 6.54 Å². The lowest BCUT2D eigenvalue weighted by molar-refractivity contribution is -0.142. The van der Waals surface area contributed by atoms with E-state index in [4.69, 9.17) is 4.74 Å². The molecule has 0 spiro atoms. The molecule has 0 saturated carbocycles. The fourth-order valence-corrected chi connectivity index (χ4v) is 3.28. The molecule has 0 amide bonds. The van der Waals surface area contributed by atoms with Gasteiger partial charge in [0.15, 0.2) is 0 Å². The van der Waals surface area contributed by atoms with E-state index in [1.807, 2.05) is 26.0 Å². The summed E-state index contributed by atoms with van der Waals surface area (Å²) in [6.45, 7) is 3.00. The Kier molecular flexibility index (Phi) is 4.84. The predicted octanol–water partition coefficient (Wildman–Crippen LogP) is 4.26. The summed E-state index contributed by atoms with van der Waals surface area (Å²) in [6, 6.07) is 3.63. The van der Waals surface area contributed by atoms with Gasteiger partial charge in [0.05, 0.1) is 41.3 Å². The Labute approximate surface area is 169 Å². The van der Waals surface area contributed by atoms with Gasteiger partial charge < -0.3 is 9.84 Å². The molecule has 0 unspecified atom stereocenters. The van der Waals surface area contributed by atoms with Crippen LogP contribution in [0.4, 0.5) is 13.2 Å². The van der Waals surface area contributed by atoms with Crippen molar-refractivity contribution < 1.29 is 23.0 Å². The number of aryl methyl sites for hydroxylation is 1. The fraction of sp³-hybridized carbons (Fsp3) is 0.250. The molecule has 0 fully saturated rings. The third-order valence-corrected chi connectivity index (χ3v) is 4.51. The van der Waals surface area contributed by atoms with Crippen LogP contribution in [0.1, 0.15) is 12.5 Å². The molecule has 0 aliphatic rings. The summed E-state index contributed by atoms with van der Waals surface area (Å²) < 4.78 is 45.4. The molecule has 0 atom stereocenters. The van der Waals surface area contributed by atoms with Crippen LogP contribution in [0.25, 0.3) is 27.8 Å². The molecule has 1 N–H and O–H groups in total. The Morgan fingerprint density at radius 3 is 2.67 bits per heavy atom. The number of nitrogens with zero attached hydrogens (tertiary/aromatic N) is 5. The van der Waals surface area contributed by atoms with E-state index in [1.165, 1.54) is 17.0 Å². The van der Waals surface area contributed by atoms with Gasteiger partial charge in [0, 0.05) is 24.2 Å². The van der Waals surface area contributed by atoms with Crippen molar-refractivity contribution in [2.75, 3.05) is 6.61 Å². The number of alkyl halides is 3. The zero-order chi connectivity index (χ0) is 21.5. The van der Waals surface area contributed by atoms with Gasteiger partial charge in [-0.25, -0.2) is 4.98 Å². The number of hydrogen-bond acceptors (Lipinski definition) is 5. The minimum atomic E-state index is -4.39. The van der Waals surface area contributed by atoms with Gasteiger partial charge in [-0.2, -0.15) is 18.3 Å². The molecule has 0 aliphatic heterocycles. The van der Waals surface area contributed by atoms with Crippen molar-refractivity contribution in [3.8, 4) is 28.6 Å². The Morgan fingerprint density at radius 2 is 1.93 bits per heavy atom. The molecular weight excluding hydrogens is 399 g/mol. The van der Waals surface area contributed by atoms with Crippen LogP contribution in [0.2, 0.25) is 0 Å². The highest BCUT2D eigenvalue weighted by atomic mass is 19.4. The van der Waals surface area contributed by atoms with Crippen molar-refractivity contribution in [1.82, 2.24) is 24.3 Å². The molecule has 10 heteroatoms. The van der Waals surface area contributed by atoms with E-state index in [0.717, 1.165) is 15.8 Å². The second kappa shape index (κ2) is 7.36. The smallest absolute Gasteiger partial charge is 0.408 e. The average Bonchev–Trinajstić information content (AvgIpc) is 3.25. The number of fused-ring (bicyclic) bond motifs is 1. The molecule has 4 rings (SSSR count). The number of aromatic nitrogens is 5. The molecule has 7 nitrogen and oxygen atoms in total. The SMILES string of the molecule is CCOc1cncc(-c2cc(C)c3c(O)n(-c4cnn(CC(F)(F)F)c4)cc3n2)c1. The summed E-state index contributed by atoms with van der Waals surface area (Å²) in [7, 11) is 0. The van der Waals surface area contributed by atoms with Gasteiger partial charge in [-0.3, -0.25) is 14.2 Å². The van der Waals surface area contributed by atoms with E-state index >= 15 is 0 Å². The van der Waals surface area contributed by atoms with E-state index in [0.29, 0.717) is 34.6 Å². The lowest BCUT2D eigenvalue weighted by Crippen LogP contribution is -2.17. The molecule has 0 aromatic carbocycles. The molecular formula is C20H18F3N5O2. The first-order valence-corrected chi connectivity index (χ1v) is 9.14. The van der Waals surface area contributed by atoms with Gasteiger partial charge in [0.25, 0.3) is 0 Å². The van der Waals surface area contributed by atoms with E-state index in [9.17, 15) is 18.3 Å². The summed E-state index contributed by atoms with van der Waals surface area (Å²) in [6.07, 6.45) is 2.93. The van der Waals surface area contributed by atoms with E-state index in [2.05, 4.69) is 15.1 Å². The van der Waals surface area contributed by atoms with Crippen molar-refractivity contribution in [2.24, 2.45) is 0 Å². The second-order valence-corrected chi connectivity index (χ2v) is 6.76. The van der Waals surface area contributed by atoms with E-state index < -0.39 is 12.7 Å². The normalized spacial score (nSPS) is 11.9. The first-order chi connectivity index (χ1) is 14.2. The third-order valence-electron chi connectivity index (χ3n) is 4.51. The number of pyridine rings is 2. The zero-order valence-corrected chi connectivity index (χ0v) is 16.2. The monoisotopic (exact) mass is 417 g/mol. The third kappa shape index (κ3) is 3.80. The number of ether oxygens (including phenoxy) is 1. The van der Waals surface area contributed by atoms with Crippen molar-refractivity contribution in [2.45, 2.75) is 26.6 Å². The molecule has 0 saturated heterocycles. The molecule has 4 aromatic rings. The lowest BCUT2D eigenvalue weighted by Gasteiger charge is -2.07. The molecule has 0 radical (unpaired) electrons. The van der Waals surface area contributed by atoms with Gasteiger partial charge in [-0.15, -0.1) is 0 Å². The summed E-state index contributed by atoms with van der Waals surface area (Å²) in [5.41, 5.74) is 2.94. The maximum atomic E-state index is 12.6. The van der Waals surface area contributed by atoms with Crippen molar-refractivity contribution in [3.63, 3.8) is 0 Å². The molecule has 4 aromatic heterocycles. The van der Waals surface area contributed by atoms with Crippen LogP contribution >= 0.6 is 0 Å². The molecule has 156 valence electrons. The first kappa shape index (κ1) is 19.7. The largest absolute Gasteiger partial charge is 0.494 e. The van der Waals surface area contributed by atoms with Crippen LogP contribution in [0.15, 0.2) is 43.1 Å². The Morgan fingerprint density at radius 1 is 1.13 bits per heavy atom. The zero-order valence-electron chi connectivity index (χ0n) is 16.2. The maximum absolute atomic E-state index is 12.6. The van der Waals surface area contributed by atoms with Gasteiger partial charge >= 0.3 is 6.18 Å². The minimum Gasteiger partial charge on any atom is -0.494 e. The number of aromatic hydroxyl groups is 1. The number of hydrogen-bond donors (Lipinski definition) is 1.